The molecule has 4 aromatic rings. The zero-order valence-corrected chi connectivity index (χ0v) is 18.2. The first-order chi connectivity index (χ1) is 16.0. The van der Waals surface area contributed by atoms with E-state index in [4.69, 9.17) is 14.5 Å². The van der Waals surface area contributed by atoms with Gasteiger partial charge in [0.1, 0.15) is 47.4 Å². The molecule has 9 heteroatoms. The standard InChI is InChI=1S/C24H24N4O5/c1-13-4-3-5-15(10-13)22-27-19-18(14-6-8-16(32-2)9-7-14)25-12-26-23(19)28(22)24-21(31)20(30)17(11-29)33-24/h3-10,12,17,20-21,24,29-31H,11H2,1-2H3/t17-,20-,21-,24-/m1/s1. The van der Waals surface area contributed by atoms with Gasteiger partial charge in [-0.05, 0) is 37.3 Å². The molecule has 0 spiro atoms. The molecule has 0 bridgehead atoms. The maximum atomic E-state index is 10.8. The second-order valence-electron chi connectivity index (χ2n) is 8.03. The van der Waals surface area contributed by atoms with E-state index in [0.717, 1.165) is 22.4 Å². The second kappa shape index (κ2) is 8.53. The molecule has 0 amide bonds. The van der Waals surface area contributed by atoms with Gasteiger partial charge in [-0.25, -0.2) is 15.0 Å². The first-order valence-electron chi connectivity index (χ1n) is 10.6. The van der Waals surface area contributed by atoms with E-state index in [2.05, 4.69) is 9.97 Å². The third-order valence-corrected chi connectivity index (χ3v) is 5.89. The number of aliphatic hydroxyl groups excluding tert-OH is 3. The fourth-order valence-corrected chi connectivity index (χ4v) is 4.19. The smallest absolute Gasteiger partial charge is 0.166 e. The van der Waals surface area contributed by atoms with Crippen LogP contribution in [0.3, 0.4) is 0 Å². The summed E-state index contributed by atoms with van der Waals surface area (Å²) in [5.41, 5.74) is 4.24. The Labute approximate surface area is 189 Å². The molecule has 170 valence electrons. The number of benzene rings is 2. The Morgan fingerprint density at radius 2 is 1.82 bits per heavy atom. The van der Waals surface area contributed by atoms with Crippen molar-refractivity contribution < 1.29 is 24.8 Å². The van der Waals surface area contributed by atoms with Gasteiger partial charge in [0.2, 0.25) is 0 Å². The highest BCUT2D eigenvalue weighted by Gasteiger charge is 2.45. The van der Waals surface area contributed by atoms with Crippen molar-refractivity contribution in [3.63, 3.8) is 0 Å². The van der Waals surface area contributed by atoms with Crippen molar-refractivity contribution in [2.75, 3.05) is 13.7 Å². The van der Waals surface area contributed by atoms with Gasteiger partial charge < -0.3 is 24.8 Å². The summed E-state index contributed by atoms with van der Waals surface area (Å²) in [6.07, 6.45) is -3.00. The van der Waals surface area contributed by atoms with Gasteiger partial charge in [-0.1, -0.05) is 23.8 Å². The minimum absolute atomic E-state index is 0.423. The van der Waals surface area contributed by atoms with Crippen LogP contribution in [0.4, 0.5) is 0 Å². The van der Waals surface area contributed by atoms with E-state index < -0.39 is 31.1 Å². The van der Waals surface area contributed by atoms with E-state index in [-0.39, 0.29) is 0 Å². The van der Waals surface area contributed by atoms with Gasteiger partial charge in [-0.15, -0.1) is 0 Å². The first-order valence-corrected chi connectivity index (χ1v) is 10.6. The van der Waals surface area contributed by atoms with Crippen LogP contribution in [0.25, 0.3) is 33.8 Å². The average Bonchev–Trinajstić information content (AvgIpc) is 3.36. The van der Waals surface area contributed by atoms with E-state index in [1.54, 1.807) is 11.7 Å². The van der Waals surface area contributed by atoms with Gasteiger partial charge in [0.15, 0.2) is 11.9 Å². The number of nitrogens with zero attached hydrogens (tertiary/aromatic N) is 4. The maximum Gasteiger partial charge on any atom is 0.166 e. The van der Waals surface area contributed by atoms with Crippen molar-refractivity contribution in [3.8, 4) is 28.4 Å². The highest BCUT2D eigenvalue weighted by Crippen LogP contribution is 2.38. The normalized spacial score (nSPS) is 22.7. The second-order valence-corrected chi connectivity index (χ2v) is 8.03. The third kappa shape index (κ3) is 3.65. The molecule has 4 atom stereocenters. The zero-order valence-electron chi connectivity index (χ0n) is 18.2. The molecular formula is C24H24N4O5. The van der Waals surface area contributed by atoms with Crippen molar-refractivity contribution in [2.45, 2.75) is 31.5 Å². The van der Waals surface area contributed by atoms with Gasteiger partial charge in [0, 0.05) is 11.1 Å². The number of aromatic nitrogens is 4. The summed E-state index contributed by atoms with van der Waals surface area (Å²) in [7, 11) is 1.61. The van der Waals surface area contributed by atoms with E-state index in [9.17, 15) is 15.3 Å². The topological polar surface area (TPSA) is 123 Å². The van der Waals surface area contributed by atoms with Crippen molar-refractivity contribution in [3.05, 3.63) is 60.4 Å². The lowest BCUT2D eigenvalue weighted by molar-refractivity contribution is -0.0503. The molecule has 0 aliphatic carbocycles. The lowest BCUT2D eigenvalue weighted by atomic mass is 10.1. The quantitative estimate of drug-likeness (QED) is 0.424. The Morgan fingerprint density at radius 3 is 2.48 bits per heavy atom. The number of hydrogen-bond acceptors (Lipinski definition) is 8. The van der Waals surface area contributed by atoms with Crippen LogP contribution in [0.5, 0.6) is 5.75 Å². The molecule has 0 saturated carbocycles. The fourth-order valence-electron chi connectivity index (χ4n) is 4.19. The Hall–Kier alpha value is -3.37. The first kappa shape index (κ1) is 21.5. The van der Waals surface area contributed by atoms with Gasteiger partial charge in [-0.2, -0.15) is 0 Å². The summed E-state index contributed by atoms with van der Waals surface area (Å²) < 4.78 is 12.8. The van der Waals surface area contributed by atoms with Crippen molar-refractivity contribution in [2.24, 2.45) is 0 Å². The molecule has 1 fully saturated rings. The summed E-state index contributed by atoms with van der Waals surface area (Å²) in [6.45, 7) is 1.55. The third-order valence-electron chi connectivity index (χ3n) is 5.89. The van der Waals surface area contributed by atoms with E-state index in [1.165, 1.54) is 6.33 Å². The molecule has 2 aromatic heterocycles. The minimum Gasteiger partial charge on any atom is -0.497 e. The zero-order chi connectivity index (χ0) is 23.1. The molecule has 0 unspecified atom stereocenters. The number of imidazole rings is 1. The van der Waals surface area contributed by atoms with Crippen LogP contribution in [0.1, 0.15) is 11.8 Å². The van der Waals surface area contributed by atoms with E-state index >= 15 is 0 Å². The molecule has 5 rings (SSSR count). The fraction of sp³-hybridized carbons (Fsp3) is 0.292. The molecule has 0 radical (unpaired) electrons. The number of hydrogen-bond donors (Lipinski definition) is 3. The largest absolute Gasteiger partial charge is 0.497 e. The predicted octanol–water partition coefficient (Wildman–Crippen LogP) is 2.09. The number of ether oxygens (including phenoxy) is 2. The Bertz CT molecular complexity index is 1290. The molecule has 1 saturated heterocycles. The van der Waals surface area contributed by atoms with Crippen molar-refractivity contribution in [1.29, 1.82) is 0 Å². The molecular weight excluding hydrogens is 424 g/mol. The van der Waals surface area contributed by atoms with E-state index in [1.807, 2.05) is 55.5 Å². The van der Waals surface area contributed by atoms with Crippen molar-refractivity contribution >= 4 is 11.2 Å². The number of aliphatic hydroxyl groups is 3. The molecule has 3 heterocycles. The van der Waals surface area contributed by atoms with Crippen LogP contribution in [-0.2, 0) is 4.74 Å². The molecule has 2 aromatic carbocycles. The van der Waals surface area contributed by atoms with Crippen LogP contribution in [0.15, 0.2) is 54.9 Å². The summed E-state index contributed by atoms with van der Waals surface area (Å²) >= 11 is 0. The molecule has 9 nitrogen and oxygen atoms in total. The van der Waals surface area contributed by atoms with Gasteiger partial charge >= 0.3 is 0 Å². The lowest BCUT2D eigenvalue weighted by Gasteiger charge is -2.19. The number of methoxy groups -OCH3 is 1. The van der Waals surface area contributed by atoms with Crippen LogP contribution in [-0.4, -0.2) is 66.9 Å². The lowest BCUT2D eigenvalue weighted by Crippen LogP contribution is -2.33. The Morgan fingerprint density at radius 1 is 1.03 bits per heavy atom. The van der Waals surface area contributed by atoms with Gasteiger partial charge in [0.25, 0.3) is 0 Å². The summed E-state index contributed by atoms with van der Waals surface area (Å²) in [4.78, 5) is 13.8. The van der Waals surface area contributed by atoms with Crippen LogP contribution < -0.4 is 4.74 Å². The molecule has 1 aliphatic heterocycles. The highest BCUT2D eigenvalue weighted by atomic mass is 16.6. The SMILES string of the molecule is COc1ccc(-c2ncnc3c2nc(-c2cccc(C)c2)n3[C@@H]2O[C@H](CO)[C@@H](O)[C@H]2O)cc1. The monoisotopic (exact) mass is 448 g/mol. The Balaban J connectivity index is 1.74. The molecule has 33 heavy (non-hydrogen) atoms. The molecule has 1 aliphatic rings. The minimum atomic E-state index is -1.28. The van der Waals surface area contributed by atoms with Gasteiger partial charge in [0.05, 0.1) is 13.7 Å². The number of aryl methyl sites for hydroxylation is 1. The van der Waals surface area contributed by atoms with Crippen LogP contribution in [0.2, 0.25) is 0 Å². The Kier molecular flexibility index (Phi) is 5.55. The summed E-state index contributed by atoms with van der Waals surface area (Å²) in [5.74, 6) is 1.24. The van der Waals surface area contributed by atoms with Crippen molar-refractivity contribution in [1.82, 2.24) is 19.5 Å². The van der Waals surface area contributed by atoms with Crippen LogP contribution in [0, 0.1) is 6.92 Å². The number of fused-ring (bicyclic) bond motifs is 1. The summed E-state index contributed by atoms with van der Waals surface area (Å²) in [5, 5.41) is 30.7. The van der Waals surface area contributed by atoms with E-state index in [0.29, 0.717) is 22.7 Å². The van der Waals surface area contributed by atoms with Crippen LogP contribution >= 0.6 is 0 Å². The van der Waals surface area contributed by atoms with Gasteiger partial charge in [-0.3, -0.25) is 4.57 Å². The number of rotatable bonds is 5. The highest BCUT2D eigenvalue weighted by molar-refractivity contribution is 5.90. The maximum absolute atomic E-state index is 10.8. The predicted molar refractivity (Wildman–Crippen MR) is 120 cm³/mol. The molecule has 3 N–H and O–H groups in total. The summed E-state index contributed by atoms with van der Waals surface area (Å²) in [6, 6.07) is 15.2. The average molecular weight is 448 g/mol.